The zero-order valence-corrected chi connectivity index (χ0v) is 10.4. The minimum atomic E-state index is -4.55. The molecule has 7 nitrogen and oxygen atoms in total. The fourth-order valence-corrected chi connectivity index (χ4v) is 2.80. The van der Waals surface area contributed by atoms with E-state index in [0.29, 0.717) is 6.07 Å². The lowest BCUT2D eigenvalue weighted by Crippen LogP contribution is -2.05. The van der Waals surface area contributed by atoms with Crippen molar-refractivity contribution in [2.45, 2.75) is 4.90 Å². The summed E-state index contributed by atoms with van der Waals surface area (Å²) in [5.41, 5.74) is -0.662. The summed E-state index contributed by atoms with van der Waals surface area (Å²) in [7, 11) is -4.55. The fraction of sp³-hybridized carbons (Fsp3) is 0. The molecule has 0 saturated heterocycles. The SMILES string of the molecule is O=C(O)c1cc(S(=O)(=O)O)ccc1I(=O)=O. The number of carbonyl (C=O) groups is 1. The van der Waals surface area contributed by atoms with Gasteiger partial charge in [-0.25, -0.2) is 10.9 Å². The van der Waals surface area contributed by atoms with E-state index in [1.165, 1.54) is 0 Å². The zero-order chi connectivity index (χ0) is 12.5. The summed E-state index contributed by atoms with van der Waals surface area (Å²) < 4.78 is 51.1. The molecule has 9 heteroatoms. The lowest BCUT2D eigenvalue weighted by Gasteiger charge is -2.00. The van der Waals surface area contributed by atoms with Crippen LogP contribution < -0.4 is 0 Å². The number of carboxylic acids is 1. The smallest absolute Gasteiger partial charge is 0.341 e. The molecule has 1 rings (SSSR count). The number of hydrogen-bond acceptors (Lipinski definition) is 5. The van der Waals surface area contributed by atoms with Gasteiger partial charge in [-0.1, -0.05) is 0 Å². The first kappa shape index (κ1) is 13.0. The van der Waals surface area contributed by atoms with Crippen molar-refractivity contribution in [1.29, 1.82) is 0 Å². The van der Waals surface area contributed by atoms with Gasteiger partial charge in [0.2, 0.25) is 0 Å². The molecule has 1 aromatic carbocycles. The Balaban J connectivity index is 3.59. The lowest BCUT2D eigenvalue weighted by atomic mass is 10.2. The molecule has 0 fully saturated rings. The van der Waals surface area contributed by atoms with Crippen LogP contribution in [-0.2, 0) is 16.3 Å². The number of hydrogen-bond donors (Lipinski definition) is 2. The fourth-order valence-electron chi connectivity index (χ4n) is 0.963. The summed E-state index contributed by atoms with van der Waals surface area (Å²) in [4.78, 5) is 10.0. The number of carboxylic acid groups (broad SMARTS) is 1. The number of benzene rings is 1. The van der Waals surface area contributed by atoms with Crippen molar-refractivity contribution in [3.8, 4) is 0 Å². The van der Waals surface area contributed by atoms with E-state index in [4.69, 9.17) is 9.66 Å². The molecule has 16 heavy (non-hydrogen) atoms. The van der Waals surface area contributed by atoms with Crippen molar-refractivity contribution in [2.75, 3.05) is 0 Å². The van der Waals surface area contributed by atoms with Gasteiger partial charge in [0.1, 0.15) is 0 Å². The molecule has 0 unspecified atom stereocenters. The summed E-state index contributed by atoms with van der Waals surface area (Å²) >= 11 is -4.02. The van der Waals surface area contributed by atoms with Crippen LogP contribution >= 0.6 is 19.8 Å². The molecule has 0 aliphatic rings. The van der Waals surface area contributed by atoms with E-state index in [0.717, 1.165) is 12.1 Å². The molecular formula is C7H5IO7S. The molecule has 0 bridgehead atoms. The Bertz CT molecular complexity index is 606. The molecule has 1 aromatic rings. The maximum Gasteiger partial charge on any atom is 0.341 e. The quantitative estimate of drug-likeness (QED) is 0.608. The summed E-state index contributed by atoms with van der Waals surface area (Å²) in [6.07, 6.45) is 0. The maximum absolute atomic E-state index is 10.7. The molecule has 0 saturated carbocycles. The second-order valence-electron chi connectivity index (χ2n) is 2.64. The van der Waals surface area contributed by atoms with Crippen molar-refractivity contribution < 1.29 is 29.0 Å². The van der Waals surface area contributed by atoms with Gasteiger partial charge in [0.05, 0.1) is 14.0 Å². The second kappa shape index (κ2) is 4.43. The molecule has 2 N–H and O–H groups in total. The van der Waals surface area contributed by atoms with Crippen molar-refractivity contribution >= 4 is 35.9 Å². The van der Waals surface area contributed by atoms with Gasteiger partial charge in [0.25, 0.3) is 10.1 Å². The Kier molecular flexibility index (Phi) is 3.60. The van der Waals surface area contributed by atoms with E-state index in [1.54, 1.807) is 0 Å². The predicted molar refractivity (Wildman–Crippen MR) is 57.3 cm³/mol. The van der Waals surface area contributed by atoms with Gasteiger partial charge in [-0.05, 0) is 18.2 Å². The summed E-state index contributed by atoms with van der Waals surface area (Å²) in [5, 5.41) is 8.68. The molecule has 0 spiro atoms. The Labute approximate surface area is 97.0 Å². The highest BCUT2D eigenvalue weighted by Crippen LogP contribution is 2.24. The summed E-state index contributed by atoms with van der Waals surface area (Å²) in [6, 6.07) is 2.28. The van der Waals surface area contributed by atoms with Crippen LogP contribution in [0.1, 0.15) is 10.4 Å². The third-order valence-electron chi connectivity index (χ3n) is 1.63. The largest absolute Gasteiger partial charge is 0.478 e. The van der Waals surface area contributed by atoms with Crippen LogP contribution in [0.15, 0.2) is 23.1 Å². The van der Waals surface area contributed by atoms with Gasteiger partial charge in [0.15, 0.2) is 0 Å². The molecule has 0 heterocycles. The van der Waals surface area contributed by atoms with E-state index in [1.807, 2.05) is 0 Å². The van der Waals surface area contributed by atoms with Crippen LogP contribution in [-0.4, -0.2) is 24.0 Å². The predicted octanol–water partition coefficient (Wildman–Crippen LogP) is 0.999. The second-order valence-corrected chi connectivity index (χ2v) is 6.46. The van der Waals surface area contributed by atoms with Gasteiger partial charge in [-0.15, -0.1) is 0 Å². The molecule has 0 aromatic heterocycles. The van der Waals surface area contributed by atoms with Gasteiger partial charge < -0.3 is 5.11 Å². The molecule has 88 valence electrons. The first-order chi connectivity index (χ1) is 7.23. The maximum atomic E-state index is 10.7. The number of aromatic carboxylic acids is 1. The monoisotopic (exact) mass is 360 g/mol. The highest BCUT2D eigenvalue weighted by molar-refractivity contribution is 14.2. The van der Waals surface area contributed by atoms with Gasteiger partial charge in [0, 0.05) is 0 Å². The first-order valence-electron chi connectivity index (χ1n) is 3.63. The lowest BCUT2D eigenvalue weighted by molar-refractivity contribution is 0.0695. The van der Waals surface area contributed by atoms with Crippen LogP contribution in [0.4, 0.5) is 0 Å². The Morgan fingerprint density at radius 3 is 2.19 bits per heavy atom. The average Bonchev–Trinajstić information content (AvgIpc) is 2.15. The third kappa shape index (κ3) is 2.74. The van der Waals surface area contributed by atoms with Crippen LogP contribution in [0.5, 0.6) is 0 Å². The third-order valence-corrected chi connectivity index (χ3v) is 4.37. The van der Waals surface area contributed by atoms with Crippen LogP contribution in [0.3, 0.4) is 0 Å². The van der Waals surface area contributed by atoms with E-state index >= 15 is 0 Å². The Morgan fingerprint density at radius 2 is 1.81 bits per heavy atom. The molecular weight excluding hydrogens is 355 g/mol. The highest BCUT2D eigenvalue weighted by Gasteiger charge is 2.19. The van der Waals surface area contributed by atoms with Crippen LogP contribution in [0.25, 0.3) is 0 Å². The highest BCUT2D eigenvalue weighted by atomic mass is 127. The Hall–Kier alpha value is -1.07. The van der Waals surface area contributed by atoms with E-state index < -0.39 is 49.9 Å². The van der Waals surface area contributed by atoms with Crippen LogP contribution in [0, 0.1) is 3.57 Å². The zero-order valence-electron chi connectivity index (χ0n) is 7.45. The molecule has 0 aliphatic carbocycles. The van der Waals surface area contributed by atoms with Crippen molar-refractivity contribution in [3.05, 3.63) is 27.3 Å². The minimum absolute atomic E-state index is 0.427. The molecule has 0 aliphatic heterocycles. The summed E-state index contributed by atoms with van der Waals surface area (Å²) in [5.74, 6) is -1.57. The van der Waals surface area contributed by atoms with E-state index in [2.05, 4.69) is 0 Å². The Morgan fingerprint density at radius 1 is 1.25 bits per heavy atom. The van der Waals surface area contributed by atoms with Gasteiger partial charge >= 0.3 is 25.8 Å². The number of rotatable bonds is 3. The normalized spacial score (nSPS) is 11.6. The number of halogens is 1. The van der Waals surface area contributed by atoms with E-state index in [9.17, 15) is 19.4 Å². The van der Waals surface area contributed by atoms with Crippen molar-refractivity contribution in [1.82, 2.24) is 0 Å². The van der Waals surface area contributed by atoms with Crippen molar-refractivity contribution in [2.24, 2.45) is 0 Å². The summed E-state index contributed by atoms with van der Waals surface area (Å²) in [6.45, 7) is 0. The van der Waals surface area contributed by atoms with Gasteiger partial charge in [-0.2, -0.15) is 8.42 Å². The molecule has 0 amide bonds. The standard InChI is InChI=1S/C7H5IO7S/c9-7(10)5-3-4(16(13,14)15)1-2-6(5)8(11)12/h1-3H,(H,9,10)(H,13,14,15). The molecule has 0 atom stereocenters. The topological polar surface area (TPSA) is 126 Å². The molecule has 0 radical (unpaired) electrons. The van der Waals surface area contributed by atoms with Gasteiger partial charge in [-0.3, -0.25) is 4.55 Å². The van der Waals surface area contributed by atoms with E-state index in [-0.39, 0.29) is 0 Å². The average molecular weight is 360 g/mol. The minimum Gasteiger partial charge on any atom is -0.478 e. The first-order valence-corrected chi connectivity index (χ1v) is 7.91. The van der Waals surface area contributed by atoms with Crippen LogP contribution in [0.2, 0.25) is 0 Å². The van der Waals surface area contributed by atoms with Crippen molar-refractivity contribution in [3.63, 3.8) is 0 Å².